The van der Waals surface area contributed by atoms with Gasteiger partial charge in [-0.1, -0.05) is 37.6 Å². The lowest BCUT2D eigenvalue weighted by Gasteiger charge is -2.29. The van der Waals surface area contributed by atoms with E-state index in [1.165, 1.54) is 25.3 Å². The molecule has 1 aliphatic carbocycles. The maximum Gasteiger partial charge on any atom is 0.251 e. The molecule has 2 aromatic rings. The van der Waals surface area contributed by atoms with Gasteiger partial charge in [0.15, 0.2) is 22.5 Å². The number of methoxy groups -OCH3 is 2. The van der Waals surface area contributed by atoms with Crippen LogP contribution >= 0.6 is 11.8 Å². The molecule has 0 saturated heterocycles. The van der Waals surface area contributed by atoms with Crippen LogP contribution in [0.1, 0.15) is 48.8 Å². The van der Waals surface area contributed by atoms with E-state index in [4.69, 9.17) is 9.47 Å². The van der Waals surface area contributed by atoms with E-state index in [1.54, 1.807) is 31.4 Å². The Morgan fingerprint density at radius 1 is 1.21 bits per heavy atom. The third-order valence-corrected chi connectivity index (χ3v) is 6.91. The van der Waals surface area contributed by atoms with Crippen LogP contribution in [0.5, 0.6) is 11.5 Å². The van der Waals surface area contributed by atoms with Crippen molar-refractivity contribution in [3.8, 4) is 11.5 Å². The van der Waals surface area contributed by atoms with Gasteiger partial charge in [0.25, 0.3) is 5.91 Å². The van der Waals surface area contributed by atoms with Gasteiger partial charge in [0, 0.05) is 18.2 Å². The van der Waals surface area contributed by atoms with Gasteiger partial charge in [0.05, 0.1) is 26.5 Å². The largest absolute Gasteiger partial charge is 0.493 e. The van der Waals surface area contributed by atoms with Crippen LogP contribution in [0.3, 0.4) is 0 Å². The number of hydrogen-bond donors (Lipinski definition) is 2. The summed E-state index contributed by atoms with van der Waals surface area (Å²) < 4.78 is 12.3. The van der Waals surface area contributed by atoms with E-state index < -0.39 is 0 Å². The molecule has 184 valence electrons. The standard InChI is InChI=1S/C24H33N5O4S/c1-5-12-29-21(14-25-23(31)17-10-11-19(32-3)20(13-17)33-4)27-28-24(29)34-15-22(30)26-18-9-7-6-8-16(18)2/h5,10-11,13,16,18H,1,6-9,12,14-15H2,2-4H3,(H,25,31)(H,26,30)/t16-,18+/m1/s1. The highest BCUT2D eigenvalue weighted by Gasteiger charge is 2.23. The number of allylic oxidation sites excluding steroid dienone is 1. The fraction of sp³-hybridized carbons (Fsp3) is 0.500. The monoisotopic (exact) mass is 487 g/mol. The van der Waals surface area contributed by atoms with Gasteiger partial charge < -0.3 is 24.7 Å². The molecule has 9 nitrogen and oxygen atoms in total. The summed E-state index contributed by atoms with van der Waals surface area (Å²) in [5.41, 5.74) is 0.440. The highest BCUT2D eigenvalue weighted by Crippen LogP contribution is 2.27. The lowest BCUT2D eigenvalue weighted by atomic mass is 9.86. The molecule has 10 heteroatoms. The number of carbonyl (C=O) groups is 2. The van der Waals surface area contributed by atoms with Crippen LogP contribution in [-0.4, -0.2) is 52.6 Å². The molecular formula is C24H33N5O4S. The van der Waals surface area contributed by atoms with E-state index in [-0.39, 0.29) is 30.2 Å². The van der Waals surface area contributed by atoms with Crippen LogP contribution in [0.4, 0.5) is 0 Å². The molecule has 0 radical (unpaired) electrons. The van der Waals surface area contributed by atoms with E-state index >= 15 is 0 Å². The quantitative estimate of drug-likeness (QED) is 0.370. The van der Waals surface area contributed by atoms with Crippen molar-refractivity contribution in [2.45, 2.75) is 56.9 Å². The fourth-order valence-corrected chi connectivity index (χ4v) is 4.79. The SMILES string of the molecule is C=CCn1c(CNC(=O)c2ccc(OC)c(OC)c2)nnc1SCC(=O)N[C@H]1CCCC[C@H]1C. The average molecular weight is 488 g/mol. The zero-order valence-electron chi connectivity index (χ0n) is 20.0. The summed E-state index contributed by atoms with van der Waals surface area (Å²) in [5, 5.41) is 15.1. The summed E-state index contributed by atoms with van der Waals surface area (Å²) in [7, 11) is 3.06. The minimum atomic E-state index is -0.274. The van der Waals surface area contributed by atoms with E-state index in [2.05, 4.69) is 34.3 Å². The van der Waals surface area contributed by atoms with Crippen LogP contribution in [0.25, 0.3) is 0 Å². The van der Waals surface area contributed by atoms with Crippen LogP contribution in [0.15, 0.2) is 36.0 Å². The molecule has 1 saturated carbocycles. The number of thioether (sulfide) groups is 1. The number of nitrogens with zero attached hydrogens (tertiary/aromatic N) is 3. The van der Waals surface area contributed by atoms with E-state index in [9.17, 15) is 9.59 Å². The van der Waals surface area contributed by atoms with Crippen molar-refractivity contribution < 1.29 is 19.1 Å². The lowest BCUT2D eigenvalue weighted by molar-refractivity contribution is -0.119. The molecule has 1 aromatic carbocycles. The topological polar surface area (TPSA) is 107 Å². The Kier molecular flexibility index (Phi) is 9.38. The van der Waals surface area contributed by atoms with Gasteiger partial charge in [0.1, 0.15) is 0 Å². The molecule has 1 aliphatic rings. The van der Waals surface area contributed by atoms with Gasteiger partial charge in [-0.05, 0) is 37.0 Å². The van der Waals surface area contributed by atoms with Crippen LogP contribution in [-0.2, 0) is 17.9 Å². The Balaban J connectivity index is 1.59. The summed E-state index contributed by atoms with van der Waals surface area (Å²) in [6, 6.07) is 5.21. The van der Waals surface area contributed by atoms with Gasteiger partial charge >= 0.3 is 0 Å². The van der Waals surface area contributed by atoms with Gasteiger partial charge in [-0.3, -0.25) is 9.59 Å². The molecular weight excluding hydrogens is 454 g/mol. The van der Waals surface area contributed by atoms with Crippen molar-refractivity contribution in [1.82, 2.24) is 25.4 Å². The second kappa shape index (κ2) is 12.5. The van der Waals surface area contributed by atoms with Gasteiger partial charge in [-0.25, -0.2) is 0 Å². The van der Waals surface area contributed by atoms with E-state index in [0.717, 1.165) is 19.3 Å². The second-order valence-corrected chi connectivity index (χ2v) is 9.22. The average Bonchev–Trinajstić information content (AvgIpc) is 3.23. The summed E-state index contributed by atoms with van der Waals surface area (Å²) in [5.74, 6) is 2.10. The zero-order chi connectivity index (χ0) is 24.5. The first kappa shape index (κ1) is 25.6. The molecule has 3 rings (SSSR count). The highest BCUT2D eigenvalue weighted by atomic mass is 32.2. The Labute approximate surface area is 204 Å². The predicted octanol–water partition coefficient (Wildman–Crippen LogP) is 3.20. The summed E-state index contributed by atoms with van der Waals surface area (Å²) >= 11 is 1.33. The smallest absolute Gasteiger partial charge is 0.251 e. The number of nitrogens with one attached hydrogen (secondary N) is 2. The maximum absolute atomic E-state index is 12.6. The number of rotatable bonds is 11. The number of amides is 2. The Hall–Kier alpha value is -3.01. The minimum absolute atomic E-state index is 0.000193. The number of hydrogen-bond acceptors (Lipinski definition) is 7. The first-order valence-corrected chi connectivity index (χ1v) is 12.4. The molecule has 2 amide bonds. The predicted molar refractivity (Wildman–Crippen MR) is 131 cm³/mol. The first-order chi connectivity index (χ1) is 16.5. The Morgan fingerprint density at radius 2 is 1.97 bits per heavy atom. The van der Waals surface area contributed by atoms with E-state index in [0.29, 0.717) is 40.5 Å². The van der Waals surface area contributed by atoms with Gasteiger partial charge in [-0.15, -0.1) is 16.8 Å². The fourth-order valence-electron chi connectivity index (χ4n) is 4.02. The third kappa shape index (κ3) is 6.53. The van der Waals surface area contributed by atoms with Crippen molar-refractivity contribution in [3.05, 3.63) is 42.2 Å². The highest BCUT2D eigenvalue weighted by molar-refractivity contribution is 7.99. The van der Waals surface area contributed by atoms with Crippen molar-refractivity contribution in [3.63, 3.8) is 0 Å². The van der Waals surface area contributed by atoms with Crippen molar-refractivity contribution in [2.24, 2.45) is 5.92 Å². The molecule has 34 heavy (non-hydrogen) atoms. The van der Waals surface area contributed by atoms with E-state index in [1.807, 2.05) is 4.57 Å². The van der Waals surface area contributed by atoms with Gasteiger partial charge in [-0.2, -0.15) is 0 Å². The normalized spacial score (nSPS) is 17.6. The number of benzene rings is 1. The number of ether oxygens (including phenoxy) is 2. The molecule has 0 spiro atoms. The molecule has 2 N–H and O–H groups in total. The number of carbonyl (C=O) groups excluding carboxylic acids is 2. The van der Waals surface area contributed by atoms with Gasteiger partial charge in [0.2, 0.25) is 5.91 Å². The molecule has 0 aliphatic heterocycles. The molecule has 0 unspecified atom stereocenters. The lowest BCUT2D eigenvalue weighted by Crippen LogP contribution is -2.41. The van der Waals surface area contributed by atoms with Crippen LogP contribution in [0.2, 0.25) is 0 Å². The Morgan fingerprint density at radius 3 is 2.68 bits per heavy atom. The summed E-state index contributed by atoms with van der Waals surface area (Å²) in [6.45, 7) is 6.65. The van der Waals surface area contributed by atoms with Crippen LogP contribution < -0.4 is 20.1 Å². The first-order valence-electron chi connectivity index (χ1n) is 11.4. The summed E-state index contributed by atoms with van der Waals surface area (Å²) in [6.07, 6.45) is 6.32. The molecule has 2 atom stereocenters. The zero-order valence-corrected chi connectivity index (χ0v) is 20.8. The molecule has 1 aromatic heterocycles. The number of aromatic nitrogens is 3. The Bertz CT molecular complexity index is 1010. The minimum Gasteiger partial charge on any atom is -0.493 e. The third-order valence-electron chi connectivity index (χ3n) is 5.95. The van der Waals surface area contributed by atoms with Crippen LogP contribution in [0, 0.1) is 5.92 Å². The second-order valence-electron chi connectivity index (χ2n) is 8.27. The maximum atomic E-state index is 12.6. The van der Waals surface area contributed by atoms with Crippen molar-refractivity contribution in [2.75, 3.05) is 20.0 Å². The van der Waals surface area contributed by atoms with Crippen molar-refractivity contribution >= 4 is 23.6 Å². The summed E-state index contributed by atoms with van der Waals surface area (Å²) in [4.78, 5) is 25.1. The van der Waals surface area contributed by atoms with Crippen molar-refractivity contribution in [1.29, 1.82) is 0 Å². The molecule has 0 bridgehead atoms. The molecule has 1 heterocycles. The molecule has 1 fully saturated rings.